The normalized spacial score (nSPS) is 15.4. The first-order valence-electron chi connectivity index (χ1n) is 9.53. The van der Waals surface area contributed by atoms with Crippen LogP contribution in [-0.4, -0.2) is 41.5 Å². The summed E-state index contributed by atoms with van der Waals surface area (Å²) in [5.41, 5.74) is 2.99. The molecule has 2 aromatic rings. The minimum Gasteiger partial charge on any atom is -0.469 e. The number of aromatic nitrogens is 1. The van der Waals surface area contributed by atoms with Gasteiger partial charge in [0.1, 0.15) is 5.69 Å². The first-order valence-corrected chi connectivity index (χ1v) is 9.53. The van der Waals surface area contributed by atoms with E-state index in [9.17, 15) is 9.59 Å². The summed E-state index contributed by atoms with van der Waals surface area (Å²) in [5, 5.41) is 1.15. The monoisotopic (exact) mass is 356 g/mol. The van der Waals surface area contributed by atoms with E-state index in [0.29, 0.717) is 25.9 Å². The first kappa shape index (κ1) is 18.5. The Labute approximate surface area is 154 Å². The van der Waals surface area contributed by atoms with Gasteiger partial charge in [-0.2, -0.15) is 0 Å². The third-order valence-electron chi connectivity index (χ3n) is 5.48. The Hall–Kier alpha value is -2.30. The summed E-state index contributed by atoms with van der Waals surface area (Å²) in [6, 6.07) is 8.24. The van der Waals surface area contributed by atoms with E-state index in [1.165, 1.54) is 7.11 Å². The Morgan fingerprint density at radius 2 is 1.88 bits per heavy atom. The maximum Gasteiger partial charge on any atom is 0.308 e. The van der Waals surface area contributed by atoms with E-state index in [1.807, 2.05) is 24.0 Å². The van der Waals surface area contributed by atoms with Crippen LogP contribution in [0.3, 0.4) is 0 Å². The molecule has 0 unspecified atom stereocenters. The number of esters is 1. The molecule has 0 spiro atoms. The number of fused-ring (bicyclic) bond motifs is 1. The number of unbranched alkanes of at least 4 members (excludes halogenated alkanes) is 1. The van der Waals surface area contributed by atoms with E-state index >= 15 is 0 Å². The zero-order valence-corrected chi connectivity index (χ0v) is 16.0. The summed E-state index contributed by atoms with van der Waals surface area (Å²) in [7, 11) is 1.43. The van der Waals surface area contributed by atoms with Crippen LogP contribution in [0.1, 0.15) is 48.7 Å². The molecule has 0 atom stereocenters. The molecule has 1 aromatic heterocycles. The predicted octanol–water partition coefficient (Wildman–Crippen LogP) is 3.78. The summed E-state index contributed by atoms with van der Waals surface area (Å²) < 4.78 is 7.03. The summed E-state index contributed by atoms with van der Waals surface area (Å²) in [6.07, 6.45) is 3.48. The number of carbonyl (C=O) groups excluding carboxylic acids is 2. The molecule has 1 aliphatic heterocycles. The molecule has 26 heavy (non-hydrogen) atoms. The van der Waals surface area contributed by atoms with Crippen molar-refractivity contribution in [3.05, 3.63) is 35.5 Å². The zero-order valence-electron chi connectivity index (χ0n) is 16.0. The van der Waals surface area contributed by atoms with Crippen LogP contribution in [0, 0.1) is 12.8 Å². The molecular weight excluding hydrogens is 328 g/mol. The standard InChI is InChI=1S/C21H28N2O3/c1-4-5-12-23-18-9-7-6-8-17(18)15(2)19(23)20(24)22-13-10-16(11-14-22)21(25)26-3/h6-9,16H,4-5,10-14H2,1-3H3. The molecule has 140 valence electrons. The van der Waals surface area contributed by atoms with Gasteiger partial charge < -0.3 is 14.2 Å². The van der Waals surface area contributed by atoms with Crippen LogP contribution in [0.5, 0.6) is 0 Å². The number of carbonyl (C=O) groups is 2. The van der Waals surface area contributed by atoms with Crippen LogP contribution in [0.25, 0.3) is 10.9 Å². The van der Waals surface area contributed by atoms with Crippen molar-refractivity contribution in [2.75, 3.05) is 20.2 Å². The lowest BCUT2D eigenvalue weighted by molar-refractivity contribution is -0.146. The molecule has 5 heteroatoms. The lowest BCUT2D eigenvalue weighted by atomic mass is 9.96. The number of methoxy groups -OCH3 is 1. The quantitative estimate of drug-likeness (QED) is 0.766. The van der Waals surface area contributed by atoms with Crippen molar-refractivity contribution in [1.82, 2.24) is 9.47 Å². The highest BCUT2D eigenvalue weighted by molar-refractivity contribution is 6.01. The van der Waals surface area contributed by atoms with E-state index in [1.54, 1.807) is 0 Å². The highest BCUT2D eigenvalue weighted by Crippen LogP contribution is 2.28. The van der Waals surface area contributed by atoms with Crippen molar-refractivity contribution in [2.24, 2.45) is 5.92 Å². The fourth-order valence-electron chi connectivity index (χ4n) is 3.94. The number of aryl methyl sites for hydroxylation is 2. The highest BCUT2D eigenvalue weighted by Gasteiger charge is 2.30. The number of likely N-dealkylation sites (tertiary alicyclic amines) is 1. The van der Waals surface area contributed by atoms with Crippen molar-refractivity contribution < 1.29 is 14.3 Å². The molecule has 1 saturated heterocycles. The molecule has 1 aromatic carbocycles. The number of nitrogens with zero attached hydrogens (tertiary/aromatic N) is 2. The zero-order chi connectivity index (χ0) is 18.7. The third-order valence-corrected chi connectivity index (χ3v) is 5.48. The van der Waals surface area contributed by atoms with Gasteiger partial charge in [-0.1, -0.05) is 31.5 Å². The lowest BCUT2D eigenvalue weighted by Gasteiger charge is -2.31. The number of ether oxygens (including phenoxy) is 1. The largest absolute Gasteiger partial charge is 0.469 e. The molecule has 0 radical (unpaired) electrons. The van der Waals surface area contributed by atoms with Gasteiger partial charge >= 0.3 is 5.97 Å². The number of hydrogen-bond acceptors (Lipinski definition) is 3. The van der Waals surface area contributed by atoms with Gasteiger partial charge in [0.15, 0.2) is 0 Å². The number of para-hydroxylation sites is 1. The fraction of sp³-hybridized carbons (Fsp3) is 0.524. The Morgan fingerprint density at radius 3 is 2.54 bits per heavy atom. The number of piperidine rings is 1. The molecule has 2 heterocycles. The van der Waals surface area contributed by atoms with Crippen LogP contribution < -0.4 is 0 Å². The van der Waals surface area contributed by atoms with Crippen LogP contribution in [0.15, 0.2) is 24.3 Å². The van der Waals surface area contributed by atoms with Gasteiger partial charge in [0.25, 0.3) is 5.91 Å². The van der Waals surface area contributed by atoms with Gasteiger partial charge in [0.05, 0.1) is 13.0 Å². The summed E-state index contributed by atoms with van der Waals surface area (Å²) in [5.74, 6) is -0.167. The number of benzene rings is 1. The maximum atomic E-state index is 13.3. The van der Waals surface area contributed by atoms with Crippen molar-refractivity contribution in [2.45, 2.75) is 46.1 Å². The maximum absolute atomic E-state index is 13.3. The third kappa shape index (κ3) is 3.35. The molecule has 3 rings (SSSR count). The molecule has 0 bridgehead atoms. The molecule has 0 saturated carbocycles. The van der Waals surface area contributed by atoms with E-state index in [0.717, 1.165) is 41.5 Å². The molecule has 1 aliphatic rings. The van der Waals surface area contributed by atoms with E-state index < -0.39 is 0 Å². The van der Waals surface area contributed by atoms with Crippen LogP contribution in [0.2, 0.25) is 0 Å². The topological polar surface area (TPSA) is 51.5 Å². The average molecular weight is 356 g/mol. The molecular formula is C21H28N2O3. The molecule has 0 N–H and O–H groups in total. The van der Waals surface area contributed by atoms with Crippen LogP contribution >= 0.6 is 0 Å². The SMILES string of the molecule is CCCCn1c(C(=O)N2CCC(C(=O)OC)CC2)c(C)c2ccccc21. The molecule has 1 fully saturated rings. The van der Waals surface area contributed by atoms with Gasteiger partial charge in [-0.15, -0.1) is 0 Å². The minimum absolute atomic E-state index is 0.0816. The first-order chi connectivity index (χ1) is 12.6. The second kappa shape index (κ2) is 7.94. The summed E-state index contributed by atoms with van der Waals surface area (Å²) in [6.45, 7) is 6.27. The molecule has 5 nitrogen and oxygen atoms in total. The van der Waals surface area contributed by atoms with E-state index in [-0.39, 0.29) is 17.8 Å². The van der Waals surface area contributed by atoms with E-state index in [2.05, 4.69) is 23.6 Å². The van der Waals surface area contributed by atoms with Crippen molar-refractivity contribution >= 4 is 22.8 Å². The van der Waals surface area contributed by atoms with Crippen molar-refractivity contribution in [3.8, 4) is 0 Å². The fourth-order valence-corrected chi connectivity index (χ4v) is 3.94. The van der Waals surface area contributed by atoms with Gasteiger partial charge in [0, 0.05) is 30.5 Å². The summed E-state index contributed by atoms with van der Waals surface area (Å²) in [4.78, 5) is 26.9. The average Bonchev–Trinajstić information content (AvgIpc) is 2.97. The Balaban J connectivity index is 1.88. The van der Waals surface area contributed by atoms with E-state index in [4.69, 9.17) is 4.74 Å². The van der Waals surface area contributed by atoms with Crippen molar-refractivity contribution in [1.29, 1.82) is 0 Å². The second-order valence-corrected chi connectivity index (χ2v) is 7.09. The van der Waals surface area contributed by atoms with Gasteiger partial charge in [-0.05, 0) is 37.8 Å². The Bertz CT molecular complexity index is 801. The predicted molar refractivity (Wildman–Crippen MR) is 102 cm³/mol. The minimum atomic E-state index is -0.162. The Morgan fingerprint density at radius 1 is 1.19 bits per heavy atom. The van der Waals surface area contributed by atoms with Crippen LogP contribution in [-0.2, 0) is 16.1 Å². The van der Waals surface area contributed by atoms with Gasteiger partial charge in [-0.3, -0.25) is 9.59 Å². The van der Waals surface area contributed by atoms with Crippen molar-refractivity contribution in [3.63, 3.8) is 0 Å². The van der Waals surface area contributed by atoms with Gasteiger partial charge in [0.2, 0.25) is 0 Å². The molecule has 1 amide bonds. The van der Waals surface area contributed by atoms with Gasteiger partial charge in [-0.25, -0.2) is 0 Å². The van der Waals surface area contributed by atoms with Crippen LogP contribution in [0.4, 0.5) is 0 Å². The number of amides is 1. The number of hydrogen-bond donors (Lipinski definition) is 0. The second-order valence-electron chi connectivity index (χ2n) is 7.09. The number of rotatable bonds is 5. The summed E-state index contributed by atoms with van der Waals surface area (Å²) >= 11 is 0. The lowest BCUT2D eigenvalue weighted by Crippen LogP contribution is -2.41. The highest BCUT2D eigenvalue weighted by atomic mass is 16.5. The molecule has 0 aliphatic carbocycles. The smallest absolute Gasteiger partial charge is 0.308 e. The Kier molecular flexibility index (Phi) is 5.64.